The molecule has 1 atom stereocenters. The van der Waals surface area contributed by atoms with Crippen LogP contribution in [0.3, 0.4) is 0 Å². The average Bonchev–Trinajstić information content (AvgIpc) is 2.69. The Morgan fingerprint density at radius 3 is 2.08 bits per heavy atom. The third-order valence-electron chi connectivity index (χ3n) is 4.14. The van der Waals surface area contributed by atoms with E-state index in [1.54, 1.807) is 31.4 Å². The summed E-state index contributed by atoms with van der Waals surface area (Å²) < 4.78 is 5.15. The van der Waals surface area contributed by atoms with Crippen LogP contribution in [-0.4, -0.2) is 13.0 Å². The van der Waals surface area contributed by atoms with E-state index < -0.39 is 0 Å². The van der Waals surface area contributed by atoms with Gasteiger partial charge in [0, 0.05) is 5.56 Å². The summed E-state index contributed by atoms with van der Waals surface area (Å²) in [6.07, 6.45) is 0.743. The van der Waals surface area contributed by atoms with Crippen LogP contribution in [0.5, 0.6) is 5.75 Å². The van der Waals surface area contributed by atoms with Crippen molar-refractivity contribution in [2.75, 3.05) is 7.11 Å². The van der Waals surface area contributed by atoms with Gasteiger partial charge in [-0.2, -0.15) is 0 Å². The summed E-state index contributed by atoms with van der Waals surface area (Å²) in [6.45, 7) is 0. The molecule has 0 bridgehead atoms. The summed E-state index contributed by atoms with van der Waals surface area (Å²) in [5.41, 5.74) is 2.90. The molecule has 0 fully saturated rings. The number of carbonyl (C=O) groups excluding carboxylic acids is 1. The van der Waals surface area contributed by atoms with Crippen molar-refractivity contribution >= 4 is 5.91 Å². The van der Waals surface area contributed by atoms with Crippen LogP contribution < -0.4 is 10.1 Å². The minimum Gasteiger partial charge on any atom is -0.497 e. The molecular weight excluding hydrogens is 310 g/mol. The Kier molecular flexibility index (Phi) is 5.47. The van der Waals surface area contributed by atoms with Crippen molar-refractivity contribution in [3.8, 4) is 5.75 Å². The number of rotatable bonds is 6. The van der Waals surface area contributed by atoms with Crippen LogP contribution >= 0.6 is 0 Å². The van der Waals surface area contributed by atoms with Crippen molar-refractivity contribution in [1.29, 1.82) is 0 Å². The molecule has 0 radical (unpaired) electrons. The molecule has 3 aromatic rings. The molecule has 3 rings (SSSR count). The van der Waals surface area contributed by atoms with E-state index in [1.807, 2.05) is 48.5 Å². The monoisotopic (exact) mass is 331 g/mol. The molecule has 0 aliphatic heterocycles. The van der Waals surface area contributed by atoms with Gasteiger partial charge >= 0.3 is 0 Å². The number of carbonyl (C=O) groups is 1. The third-order valence-corrected chi connectivity index (χ3v) is 4.14. The minimum absolute atomic E-state index is 0.0850. The van der Waals surface area contributed by atoms with Gasteiger partial charge in [-0.05, 0) is 41.8 Å². The van der Waals surface area contributed by atoms with Crippen molar-refractivity contribution in [2.45, 2.75) is 12.5 Å². The molecule has 0 aliphatic carbocycles. The van der Waals surface area contributed by atoms with Crippen LogP contribution in [-0.2, 0) is 6.42 Å². The lowest BCUT2D eigenvalue weighted by atomic mass is 9.98. The van der Waals surface area contributed by atoms with Gasteiger partial charge in [0.05, 0.1) is 13.2 Å². The average molecular weight is 331 g/mol. The normalized spacial score (nSPS) is 11.6. The largest absolute Gasteiger partial charge is 0.497 e. The smallest absolute Gasteiger partial charge is 0.251 e. The van der Waals surface area contributed by atoms with Crippen LogP contribution in [0.15, 0.2) is 84.9 Å². The number of methoxy groups -OCH3 is 1. The number of amides is 1. The molecule has 0 saturated carbocycles. The first-order chi connectivity index (χ1) is 12.3. The Labute approximate surface area is 148 Å². The van der Waals surface area contributed by atoms with E-state index in [2.05, 4.69) is 17.4 Å². The second kappa shape index (κ2) is 8.15. The van der Waals surface area contributed by atoms with E-state index in [1.165, 1.54) is 5.56 Å². The molecule has 3 aromatic carbocycles. The first kappa shape index (κ1) is 16.8. The molecule has 1 amide bonds. The van der Waals surface area contributed by atoms with E-state index in [-0.39, 0.29) is 11.9 Å². The van der Waals surface area contributed by atoms with Gasteiger partial charge in [0.25, 0.3) is 5.91 Å². The zero-order valence-electron chi connectivity index (χ0n) is 14.2. The Bertz CT molecular complexity index is 798. The number of benzene rings is 3. The fourth-order valence-corrected chi connectivity index (χ4v) is 2.77. The molecule has 0 heterocycles. The Morgan fingerprint density at radius 2 is 1.48 bits per heavy atom. The first-order valence-electron chi connectivity index (χ1n) is 8.30. The highest BCUT2D eigenvalue weighted by atomic mass is 16.5. The zero-order valence-corrected chi connectivity index (χ0v) is 14.2. The fourth-order valence-electron chi connectivity index (χ4n) is 2.77. The van der Waals surface area contributed by atoms with Crippen molar-refractivity contribution in [1.82, 2.24) is 5.32 Å². The lowest BCUT2D eigenvalue weighted by Gasteiger charge is -2.20. The maximum atomic E-state index is 12.7. The highest BCUT2D eigenvalue weighted by Gasteiger charge is 2.16. The molecule has 126 valence electrons. The molecule has 0 aromatic heterocycles. The Hall–Kier alpha value is -3.07. The van der Waals surface area contributed by atoms with E-state index in [4.69, 9.17) is 4.74 Å². The van der Waals surface area contributed by atoms with Crippen LogP contribution in [0.25, 0.3) is 0 Å². The maximum Gasteiger partial charge on any atom is 0.251 e. The van der Waals surface area contributed by atoms with Crippen molar-refractivity contribution in [3.63, 3.8) is 0 Å². The molecule has 0 saturated heterocycles. The lowest BCUT2D eigenvalue weighted by molar-refractivity contribution is 0.0936. The van der Waals surface area contributed by atoms with Crippen LogP contribution in [0.2, 0.25) is 0 Å². The summed E-state index contributed by atoms with van der Waals surface area (Å²) in [7, 11) is 1.61. The topological polar surface area (TPSA) is 38.3 Å². The number of ether oxygens (including phenoxy) is 1. The molecule has 0 aliphatic rings. The lowest BCUT2D eigenvalue weighted by Crippen LogP contribution is -2.30. The predicted molar refractivity (Wildman–Crippen MR) is 99.8 cm³/mol. The minimum atomic E-state index is -0.0903. The van der Waals surface area contributed by atoms with Gasteiger partial charge in [0.2, 0.25) is 0 Å². The van der Waals surface area contributed by atoms with Crippen molar-refractivity contribution < 1.29 is 9.53 Å². The van der Waals surface area contributed by atoms with Crippen LogP contribution in [0, 0.1) is 0 Å². The van der Waals surface area contributed by atoms with E-state index in [0.29, 0.717) is 5.56 Å². The maximum absolute atomic E-state index is 12.7. The van der Waals surface area contributed by atoms with E-state index in [0.717, 1.165) is 17.7 Å². The van der Waals surface area contributed by atoms with Gasteiger partial charge in [-0.1, -0.05) is 60.7 Å². The van der Waals surface area contributed by atoms with Gasteiger partial charge in [0.1, 0.15) is 5.75 Å². The molecule has 0 spiro atoms. The molecule has 3 heteroatoms. The second-order valence-corrected chi connectivity index (χ2v) is 5.85. The summed E-state index contributed by atoms with van der Waals surface area (Å²) in [4.78, 5) is 12.7. The molecule has 3 nitrogen and oxygen atoms in total. The summed E-state index contributed by atoms with van der Waals surface area (Å²) in [6, 6.07) is 27.3. The summed E-state index contributed by atoms with van der Waals surface area (Å²) in [5, 5.41) is 3.16. The fraction of sp³-hybridized carbons (Fsp3) is 0.136. The van der Waals surface area contributed by atoms with Gasteiger partial charge in [0.15, 0.2) is 0 Å². The van der Waals surface area contributed by atoms with Crippen molar-refractivity contribution in [3.05, 3.63) is 102 Å². The molecule has 1 unspecified atom stereocenters. The number of nitrogens with one attached hydrogen (secondary N) is 1. The molecule has 1 N–H and O–H groups in total. The molecule has 25 heavy (non-hydrogen) atoms. The standard InChI is InChI=1S/C22H21NO2/c1-25-20-14-12-19(13-15-20)22(24)23-21(18-10-6-3-7-11-18)16-17-8-4-2-5-9-17/h2-15,21H,16H2,1H3,(H,23,24). The number of hydrogen-bond donors (Lipinski definition) is 1. The highest BCUT2D eigenvalue weighted by Crippen LogP contribution is 2.20. The summed E-state index contributed by atoms with van der Waals surface area (Å²) >= 11 is 0. The van der Waals surface area contributed by atoms with Crippen LogP contribution in [0.4, 0.5) is 0 Å². The summed E-state index contributed by atoms with van der Waals surface area (Å²) in [5.74, 6) is 0.646. The van der Waals surface area contributed by atoms with E-state index in [9.17, 15) is 4.79 Å². The van der Waals surface area contributed by atoms with Gasteiger partial charge in [-0.15, -0.1) is 0 Å². The molecular formula is C22H21NO2. The Balaban J connectivity index is 1.80. The zero-order chi connectivity index (χ0) is 17.5. The first-order valence-corrected chi connectivity index (χ1v) is 8.30. The van der Waals surface area contributed by atoms with E-state index >= 15 is 0 Å². The predicted octanol–water partition coefficient (Wildman–Crippen LogP) is 4.41. The quantitative estimate of drug-likeness (QED) is 0.726. The Morgan fingerprint density at radius 1 is 0.880 bits per heavy atom. The highest BCUT2D eigenvalue weighted by molar-refractivity contribution is 5.94. The van der Waals surface area contributed by atoms with Crippen molar-refractivity contribution in [2.24, 2.45) is 0 Å². The number of hydrogen-bond acceptors (Lipinski definition) is 2. The third kappa shape index (κ3) is 4.48. The van der Waals surface area contributed by atoms with Gasteiger partial charge in [-0.25, -0.2) is 0 Å². The second-order valence-electron chi connectivity index (χ2n) is 5.85. The van der Waals surface area contributed by atoms with Gasteiger partial charge in [-0.3, -0.25) is 4.79 Å². The SMILES string of the molecule is COc1ccc(C(=O)NC(Cc2ccccc2)c2ccccc2)cc1. The van der Waals surface area contributed by atoms with Gasteiger partial charge < -0.3 is 10.1 Å². The van der Waals surface area contributed by atoms with Crippen LogP contribution in [0.1, 0.15) is 27.5 Å².